The van der Waals surface area contributed by atoms with Crippen molar-refractivity contribution in [2.45, 2.75) is 5.03 Å². The summed E-state index contributed by atoms with van der Waals surface area (Å²) in [4.78, 5) is 16.6. The van der Waals surface area contributed by atoms with Crippen LogP contribution in [-0.2, 0) is 4.79 Å². The molecule has 0 saturated carbocycles. The summed E-state index contributed by atoms with van der Waals surface area (Å²) in [6.45, 7) is 0. The van der Waals surface area contributed by atoms with Crippen LogP contribution in [0.4, 0.5) is 5.69 Å². The lowest BCUT2D eigenvalue weighted by molar-refractivity contribution is -0.113. The van der Waals surface area contributed by atoms with Gasteiger partial charge in [0.1, 0.15) is 17.1 Å². The van der Waals surface area contributed by atoms with Crippen LogP contribution in [0.1, 0.15) is 0 Å². The Morgan fingerprint density at radius 2 is 1.83 bits per heavy atom. The molecule has 7 nitrogen and oxygen atoms in total. The largest absolute Gasteiger partial charge is 0.497 e. The molecule has 4 rings (SSSR count). The average molecular weight is 417 g/mol. The van der Waals surface area contributed by atoms with Gasteiger partial charge in [-0.2, -0.15) is 0 Å². The number of anilines is 1. The molecule has 0 aliphatic heterocycles. The number of nitrogens with zero attached hydrogens (tertiary/aromatic N) is 4. The average Bonchev–Trinajstić information content (AvgIpc) is 3.29. The first-order valence-corrected chi connectivity index (χ1v) is 10.2. The van der Waals surface area contributed by atoms with E-state index in [9.17, 15) is 4.79 Å². The predicted octanol–water partition coefficient (Wildman–Crippen LogP) is 4.07. The van der Waals surface area contributed by atoms with Crippen LogP contribution < -0.4 is 10.1 Å². The minimum absolute atomic E-state index is 0.113. The van der Waals surface area contributed by atoms with E-state index in [-0.39, 0.29) is 11.7 Å². The number of imidazole rings is 1. The van der Waals surface area contributed by atoms with E-state index in [0.717, 1.165) is 22.7 Å². The van der Waals surface area contributed by atoms with Gasteiger partial charge in [0.25, 0.3) is 0 Å². The summed E-state index contributed by atoms with van der Waals surface area (Å²) in [7, 11) is 1.60. The molecular weight excluding hydrogens is 398 g/mol. The summed E-state index contributed by atoms with van der Waals surface area (Å²) in [5.41, 5.74) is 2.63. The minimum atomic E-state index is -0.113. The Balaban J connectivity index is 1.33. The van der Waals surface area contributed by atoms with Gasteiger partial charge in [-0.3, -0.25) is 9.36 Å². The number of nitrogens with one attached hydrogen (secondary N) is 1. The first-order chi connectivity index (χ1) is 14.7. The van der Waals surface area contributed by atoms with Crippen LogP contribution in [0, 0.1) is 0 Å². The number of aromatic nitrogens is 4. The number of thioether (sulfide) groups is 1. The molecule has 0 unspecified atom stereocenters. The lowest BCUT2D eigenvalue weighted by Gasteiger charge is -2.06. The Morgan fingerprint density at radius 3 is 2.53 bits per heavy atom. The van der Waals surface area contributed by atoms with Gasteiger partial charge in [0.15, 0.2) is 5.82 Å². The molecule has 8 heteroatoms. The van der Waals surface area contributed by atoms with Crippen molar-refractivity contribution in [3.05, 3.63) is 79.3 Å². The van der Waals surface area contributed by atoms with Crippen molar-refractivity contribution in [3.8, 4) is 22.8 Å². The van der Waals surface area contributed by atoms with Gasteiger partial charge < -0.3 is 10.1 Å². The van der Waals surface area contributed by atoms with E-state index < -0.39 is 0 Å². The number of ether oxygens (including phenoxy) is 1. The number of carbonyl (C=O) groups is 1. The van der Waals surface area contributed by atoms with Crippen LogP contribution in [0.5, 0.6) is 5.75 Å². The van der Waals surface area contributed by atoms with Crippen molar-refractivity contribution in [1.29, 1.82) is 0 Å². The van der Waals surface area contributed by atoms with Crippen LogP contribution in [-0.4, -0.2) is 38.5 Å². The molecule has 30 heavy (non-hydrogen) atoms. The van der Waals surface area contributed by atoms with Crippen molar-refractivity contribution in [1.82, 2.24) is 19.7 Å². The van der Waals surface area contributed by atoms with E-state index in [0.29, 0.717) is 10.8 Å². The minimum Gasteiger partial charge on any atom is -0.497 e. The third-order valence-corrected chi connectivity index (χ3v) is 5.19. The summed E-state index contributed by atoms with van der Waals surface area (Å²) in [5, 5.41) is 12.0. The normalized spacial score (nSPS) is 10.6. The molecule has 0 atom stereocenters. The number of amides is 1. The molecule has 150 valence electrons. The van der Waals surface area contributed by atoms with Crippen molar-refractivity contribution in [2.24, 2.45) is 0 Å². The lowest BCUT2D eigenvalue weighted by atomic mass is 10.2. The van der Waals surface area contributed by atoms with Crippen LogP contribution in [0.2, 0.25) is 0 Å². The molecule has 2 heterocycles. The smallest absolute Gasteiger partial charge is 0.234 e. The molecule has 0 bridgehead atoms. The molecule has 0 radical (unpaired) electrons. The Bertz CT molecular complexity index is 1110. The summed E-state index contributed by atoms with van der Waals surface area (Å²) < 4.78 is 6.93. The standard InChI is InChI=1S/C22H19N5O2S/c1-29-18-9-7-17(8-10-18)24-21(28)14-30-22-12-11-20(25-26-22)27-13-19(23-15-27)16-5-3-2-4-6-16/h2-13,15H,14H2,1H3,(H,24,28). The zero-order chi connectivity index (χ0) is 20.8. The quantitative estimate of drug-likeness (QED) is 0.457. The second kappa shape index (κ2) is 9.23. The number of hydrogen-bond acceptors (Lipinski definition) is 6. The van der Waals surface area contributed by atoms with E-state index in [2.05, 4.69) is 20.5 Å². The highest BCUT2D eigenvalue weighted by atomic mass is 32.2. The maximum Gasteiger partial charge on any atom is 0.234 e. The van der Waals surface area contributed by atoms with Gasteiger partial charge in [0.05, 0.1) is 18.6 Å². The second-order valence-electron chi connectivity index (χ2n) is 6.33. The van der Waals surface area contributed by atoms with E-state index in [1.54, 1.807) is 37.7 Å². The zero-order valence-electron chi connectivity index (χ0n) is 16.2. The van der Waals surface area contributed by atoms with Crippen LogP contribution in [0.3, 0.4) is 0 Å². The molecule has 1 N–H and O–H groups in total. The fraction of sp³-hybridized carbons (Fsp3) is 0.0909. The number of carbonyl (C=O) groups excluding carboxylic acids is 1. The van der Waals surface area contributed by atoms with Crippen LogP contribution >= 0.6 is 11.8 Å². The highest BCUT2D eigenvalue weighted by Crippen LogP contribution is 2.20. The van der Waals surface area contributed by atoms with Gasteiger partial charge in [-0.15, -0.1) is 10.2 Å². The molecule has 0 aliphatic rings. The van der Waals surface area contributed by atoms with E-state index in [4.69, 9.17) is 4.74 Å². The fourth-order valence-corrected chi connectivity index (χ4v) is 3.36. The first kappa shape index (κ1) is 19.7. The van der Waals surface area contributed by atoms with Crippen LogP contribution in [0.25, 0.3) is 17.1 Å². The number of benzene rings is 2. The van der Waals surface area contributed by atoms with Crippen molar-refractivity contribution in [2.75, 3.05) is 18.2 Å². The molecule has 0 saturated heterocycles. The van der Waals surface area contributed by atoms with Gasteiger partial charge >= 0.3 is 0 Å². The maximum atomic E-state index is 12.1. The van der Waals surface area contributed by atoms with Gasteiger partial charge in [0.2, 0.25) is 5.91 Å². The highest BCUT2D eigenvalue weighted by Gasteiger charge is 2.08. The second-order valence-corrected chi connectivity index (χ2v) is 7.32. The van der Waals surface area contributed by atoms with Gasteiger partial charge in [-0.25, -0.2) is 4.98 Å². The number of rotatable bonds is 7. The van der Waals surface area contributed by atoms with Crippen LogP contribution in [0.15, 0.2) is 84.3 Å². The molecular formula is C22H19N5O2S. The Morgan fingerprint density at radius 1 is 1.03 bits per heavy atom. The van der Waals surface area contributed by atoms with Gasteiger partial charge in [-0.05, 0) is 36.4 Å². The summed E-state index contributed by atoms with van der Waals surface area (Å²) >= 11 is 1.33. The monoisotopic (exact) mass is 417 g/mol. The fourth-order valence-electron chi connectivity index (χ4n) is 2.74. The molecule has 0 fully saturated rings. The van der Waals surface area contributed by atoms with E-state index >= 15 is 0 Å². The Labute approximate surface area is 178 Å². The van der Waals surface area contributed by atoms with E-state index in [1.807, 2.05) is 53.2 Å². The van der Waals surface area contributed by atoms with Gasteiger partial charge in [-0.1, -0.05) is 42.1 Å². The third-order valence-electron chi connectivity index (χ3n) is 4.27. The first-order valence-electron chi connectivity index (χ1n) is 9.21. The maximum absolute atomic E-state index is 12.1. The highest BCUT2D eigenvalue weighted by molar-refractivity contribution is 7.99. The zero-order valence-corrected chi connectivity index (χ0v) is 17.0. The Kier molecular flexibility index (Phi) is 6.05. The van der Waals surface area contributed by atoms with Crippen molar-refractivity contribution in [3.63, 3.8) is 0 Å². The summed E-state index contributed by atoms with van der Waals surface area (Å²) in [5.74, 6) is 1.53. The molecule has 2 aromatic heterocycles. The molecule has 0 aliphatic carbocycles. The predicted molar refractivity (Wildman–Crippen MR) is 117 cm³/mol. The third kappa shape index (κ3) is 4.84. The van der Waals surface area contributed by atoms with Gasteiger partial charge in [0, 0.05) is 17.4 Å². The molecule has 4 aromatic rings. The van der Waals surface area contributed by atoms with E-state index in [1.165, 1.54) is 11.8 Å². The molecule has 1 amide bonds. The van der Waals surface area contributed by atoms with Crippen molar-refractivity contribution >= 4 is 23.4 Å². The SMILES string of the molecule is COc1ccc(NC(=O)CSc2ccc(-n3cnc(-c4ccccc4)c3)nn2)cc1. The number of methoxy groups -OCH3 is 1. The summed E-state index contributed by atoms with van der Waals surface area (Å²) in [6.07, 6.45) is 3.62. The number of hydrogen-bond donors (Lipinski definition) is 1. The Hall–Kier alpha value is -3.65. The van der Waals surface area contributed by atoms with Crippen molar-refractivity contribution < 1.29 is 9.53 Å². The molecule has 2 aromatic carbocycles. The topological polar surface area (TPSA) is 81.9 Å². The lowest BCUT2D eigenvalue weighted by Crippen LogP contribution is -2.14. The summed E-state index contributed by atoms with van der Waals surface area (Å²) in [6, 6.07) is 20.8. The molecule has 0 spiro atoms.